The largest absolute Gasteiger partial charge is 0.396 e. The fourth-order valence-electron chi connectivity index (χ4n) is 4.36. The van der Waals surface area contributed by atoms with Gasteiger partial charge in [-0.1, -0.05) is 48.0 Å². The maximum atomic E-state index is 13.3. The maximum absolute atomic E-state index is 13.3. The van der Waals surface area contributed by atoms with Crippen LogP contribution in [0.3, 0.4) is 0 Å². The number of carbonyl (C=O) groups excluding carboxylic acids is 1. The number of benzene rings is 2. The summed E-state index contributed by atoms with van der Waals surface area (Å²) < 4.78 is 5.60. The van der Waals surface area contributed by atoms with E-state index in [4.69, 9.17) is 4.74 Å². The fraction of sp³-hybridized carbons (Fsp3) is 0.409. The van der Waals surface area contributed by atoms with Crippen LogP contribution in [0.15, 0.2) is 48.5 Å². The van der Waals surface area contributed by atoms with Crippen LogP contribution in [0, 0.1) is 18.3 Å². The number of hydrogen-bond donors (Lipinski definition) is 1. The Morgan fingerprint density at radius 2 is 2.12 bits per heavy atom. The summed E-state index contributed by atoms with van der Waals surface area (Å²) in [6.45, 7) is 4.73. The van der Waals surface area contributed by atoms with Crippen molar-refractivity contribution in [2.75, 3.05) is 32.9 Å². The lowest BCUT2D eigenvalue weighted by atomic mass is 9.75. The van der Waals surface area contributed by atoms with Crippen molar-refractivity contribution in [3.63, 3.8) is 0 Å². The monoisotopic (exact) mass is 351 g/mol. The Hall–Kier alpha value is -2.17. The molecule has 0 radical (unpaired) electrons. The number of amides is 1. The van der Waals surface area contributed by atoms with Gasteiger partial charge in [0.1, 0.15) is 0 Å². The van der Waals surface area contributed by atoms with Crippen molar-refractivity contribution in [2.24, 2.45) is 11.3 Å². The molecule has 1 N–H and O–H groups in total. The molecule has 0 bridgehead atoms. The lowest BCUT2D eigenvalue weighted by molar-refractivity contribution is -0.0415. The van der Waals surface area contributed by atoms with Gasteiger partial charge in [-0.2, -0.15) is 0 Å². The summed E-state index contributed by atoms with van der Waals surface area (Å²) in [5, 5.41) is 9.99. The average molecular weight is 351 g/mol. The molecule has 0 aliphatic carbocycles. The SMILES string of the molecule is Cc1cccc(-c2ccccc2C(=O)N2C[C@@H]3COCC[C@]3(CO)C2)c1. The second-order valence-corrected chi connectivity index (χ2v) is 7.64. The lowest BCUT2D eigenvalue weighted by Gasteiger charge is -2.36. The van der Waals surface area contributed by atoms with Crippen molar-refractivity contribution in [3.05, 3.63) is 59.7 Å². The Kier molecular flexibility index (Phi) is 4.55. The molecular weight excluding hydrogens is 326 g/mol. The van der Waals surface area contributed by atoms with Crippen LogP contribution in [0.2, 0.25) is 0 Å². The van der Waals surface area contributed by atoms with E-state index in [0.29, 0.717) is 26.3 Å². The molecule has 4 heteroatoms. The van der Waals surface area contributed by atoms with E-state index < -0.39 is 0 Å². The Balaban J connectivity index is 1.66. The molecule has 0 unspecified atom stereocenters. The zero-order valence-electron chi connectivity index (χ0n) is 15.1. The lowest BCUT2D eigenvalue weighted by Crippen LogP contribution is -2.41. The summed E-state index contributed by atoms with van der Waals surface area (Å²) in [6, 6.07) is 16.0. The molecule has 136 valence electrons. The van der Waals surface area contributed by atoms with E-state index in [1.54, 1.807) is 0 Å². The molecule has 2 aromatic rings. The highest BCUT2D eigenvalue weighted by Gasteiger charge is 2.49. The third-order valence-corrected chi connectivity index (χ3v) is 5.96. The van der Waals surface area contributed by atoms with Crippen LogP contribution in [0.5, 0.6) is 0 Å². The predicted molar refractivity (Wildman–Crippen MR) is 101 cm³/mol. The number of aliphatic hydroxyl groups is 1. The number of rotatable bonds is 3. The van der Waals surface area contributed by atoms with Crippen molar-refractivity contribution in [1.82, 2.24) is 4.90 Å². The first-order chi connectivity index (χ1) is 12.6. The molecule has 2 atom stereocenters. The average Bonchev–Trinajstić information content (AvgIpc) is 3.08. The van der Waals surface area contributed by atoms with Gasteiger partial charge in [-0.05, 0) is 30.5 Å². The highest BCUT2D eigenvalue weighted by molar-refractivity contribution is 6.01. The van der Waals surface area contributed by atoms with Gasteiger partial charge < -0.3 is 14.7 Å². The van der Waals surface area contributed by atoms with E-state index >= 15 is 0 Å². The van der Waals surface area contributed by atoms with Crippen LogP contribution in [0.25, 0.3) is 11.1 Å². The van der Waals surface area contributed by atoms with Gasteiger partial charge in [0.2, 0.25) is 0 Å². The Bertz CT molecular complexity index is 819. The van der Waals surface area contributed by atoms with Gasteiger partial charge in [-0.3, -0.25) is 4.79 Å². The van der Waals surface area contributed by atoms with Gasteiger partial charge in [0.15, 0.2) is 0 Å². The zero-order chi connectivity index (χ0) is 18.1. The van der Waals surface area contributed by atoms with Gasteiger partial charge in [-0.25, -0.2) is 0 Å². The Morgan fingerprint density at radius 1 is 1.27 bits per heavy atom. The van der Waals surface area contributed by atoms with Crippen LogP contribution in [0.1, 0.15) is 22.3 Å². The van der Waals surface area contributed by atoms with Crippen LogP contribution in [0.4, 0.5) is 0 Å². The number of nitrogens with zero attached hydrogens (tertiary/aromatic N) is 1. The van der Waals surface area contributed by atoms with Crippen LogP contribution in [-0.2, 0) is 4.74 Å². The van der Waals surface area contributed by atoms with Gasteiger partial charge in [0.05, 0.1) is 13.2 Å². The molecule has 2 fully saturated rings. The summed E-state index contributed by atoms with van der Waals surface area (Å²) >= 11 is 0. The van der Waals surface area contributed by atoms with Crippen molar-refractivity contribution in [2.45, 2.75) is 13.3 Å². The van der Waals surface area contributed by atoms with Crippen LogP contribution in [-0.4, -0.2) is 48.8 Å². The van der Waals surface area contributed by atoms with Gasteiger partial charge >= 0.3 is 0 Å². The summed E-state index contributed by atoms with van der Waals surface area (Å²) in [4.78, 5) is 15.2. The molecule has 0 aromatic heterocycles. The number of hydrogen-bond acceptors (Lipinski definition) is 3. The third kappa shape index (κ3) is 2.93. The highest BCUT2D eigenvalue weighted by Crippen LogP contribution is 2.42. The van der Waals surface area contributed by atoms with Gasteiger partial charge in [0.25, 0.3) is 5.91 Å². The second-order valence-electron chi connectivity index (χ2n) is 7.64. The van der Waals surface area contributed by atoms with Crippen LogP contribution >= 0.6 is 0 Å². The molecule has 0 spiro atoms. The van der Waals surface area contributed by atoms with Crippen molar-refractivity contribution in [3.8, 4) is 11.1 Å². The van der Waals surface area contributed by atoms with Crippen molar-refractivity contribution >= 4 is 5.91 Å². The highest BCUT2D eigenvalue weighted by atomic mass is 16.5. The van der Waals surface area contributed by atoms with Gasteiger partial charge in [0, 0.05) is 36.6 Å². The standard InChI is InChI=1S/C22H25NO3/c1-16-5-4-6-17(11-16)19-7-2-3-8-20(19)21(25)23-12-18-13-26-10-9-22(18,14-23)15-24/h2-8,11,18,24H,9-10,12-15H2,1H3/t18-,22-/m1/s1. The molecule has 2 aromatic carbocycles. The molecule has 2 aliphatic rings. The van der Waals surface area contributed by atoms with Crippen LogP contribution < -0.4 is 0 Å². The molecule has 0 saturated carbocycles. The number of aliphatic hydroxyl groups excluding tert-OH is 1. The minimum atomic E-state index is -0.202. The molecule has 4 rings (SSSR count). The first kappa shape index (κ1) is 17.3. The summed E-state index contributed by atoms with van der Waals surface area (Å²) in [5.41, 5.74) is 3.72. The minimum Gasteiger partial charge on any atom is -0.396 e. The second kappa shape index (κ2) is 6.86. The fourth-order valence-corrected chi connectivity index (χ4v) is 4.36. The normalized spacial score (nSPS) is 25.2. The minimum absolute atomic E-state index is 0.0457. The van der Waals surface area contributed by atoms with E-state index in [1.165, 1.54) is 5.56 Å². The van der Waals surface area contributed by atoms with E-state index in [-0.39, 0.29) is 23.8 Å². The number of carbonyl (C=O) groups is 1. The predicted octanol–water partition coefficient (Wildman–Crippen LogP) is 3.13. The van der Waals surface area contributed by atoms with E-state index in [9.17, 15) is 9.90 Å². The van der Waals surface area contributed by atoms with Crippen molar-refractivity contribution < 1.29 is 14.6 Å². The number of fused-ring (bicyclic) bond motifs is 1. The smallest absolute Gasteiger partial charge is 0.254 e. The number of likely N-dealkylation sites (tertiary alicyclic amines) is 1. The number of aryl methyl sites for hydroxylation is 1. The summed E-state index contributed by atoms with van der Waals surface area (Å²) in [7, 11) is 0. The molecule has 2 heterocycles. The molecule has 26 heavy (non-hydrogen) atoms. The maximum Gasteiger partial charge on any atom is 0.254 e. The van der Waals surface area contributed by atoms with E-state index in [0.717, 1.165) is 23.1 Å². The molecule has 1 amide bonds. The van der Waals surface area contributed by atoms with Gasteiger partial charge in [-0.15, -0.1) is 0 Å². The molecule has 2 saturated heterocycles. The Morgan fingerprint density at radius 3 is 2.88 bits per heavy atom. The first-order valence-corrected chi connectivity index (χ1v) is 9.27. The van der Waals surface area contributed by atoms with Crippen molar-refractivity contribution in [1.29, 1.82) is 0 Å². The third-order valence-electron chi connectivity index (χ3n) is 5.96. The van der Waals surface area contributed by atoms with E-state index in [2.05, 4.69) is 19.1 Å². The zero-order valence-corrected chi connectivity index (χ0v) is 15.1. The molecular formula is C22H25NO3. The summed E-state index contributed by atoms with van der Waals surface area (Å²) in [6.07, 6.45) is 0.817. The number of ether oxygens (including phenoxy) is 1. The first-order valence-electron chi connectivity index (χ1n) is 9.27. The van der Waals surface area contributed by atoms with E-state index in [1.807, 2.05) is 41.3 Å². The topological polar surface area (TPSA) is 49.8 Å². The quantitative estimate of drug-likeness (QED) is 0.924. The molecule has 4 nitrogen and oxygen atoms in total. The molecule has 2 aliphatic heterocycles. The Labute approximate surface area is 154 Å². The summed E-state index contributed by atoms with van der Waals surface area (Å²) in [5.74, 6) is 0.265.